The van der Waals surface area contributed by atoms with Crippen molar-refractivity contribution in [2.24, 2.45) is 0 Å². The third-order valence-corrected chi connectivity index (χ3v) is 4.01. The minimum atomic E-state index is 0.167. The Bertz CT molecular complexity index is 930. The van der Waals surface area contributed by atoms with Crippen LogP contribution >= 0.6 is 23.2 Å². The van der Waals surface area contributed by atoms with E-state index in [1.165, 1.54) is 0 Å². The third-order valence-electron chi connectivity index (χ3n) is 3.44. The van der Waals surface area contributed by atoms with Crippen LogP contribution in [0.1, 0.15) is 5.56 Å². The molecule has 0 unspecified atom stereocenters. The van der Waals surface area contributed by atoms with E-state index in [-0.39, 0.29) is 5.82 Å². The smallest absolute Gasteiger partial charge is 0.142 e. The first-order valence-electron chi connectivity index (χ1n) is 6.81. The third kappa shape index (κ3) is 3.00. The number of anilines is 1. The molecule has 112 valence electrons. The standard InChI is InChI=1S/C18H11Cl2N3/c19-12-5-3-4-11(8-12)14-9-17(23-18(22)15(14)10-21)13-6-1-2-7-16(13)20/h1-9H,(H2,22,23). The van der Waals surface area contributed by atoms with E-state index in [2.05, 4.69) is 11.1 Å². The maximum atomic E-state index is 9.42. The van der Waals surface area contributed by atoms with E-state index >= 15 is 0 Å². The fourth-order valence-corrected chi connectivity index (χ4v) is 2.80. The number of rotatable bonds is 2. The average Bonchev–Trinajstić information content (AvgIpc) is 2.54. The highest BCUT2D eigenvalue weighted by atomic mass is 35.5. The summed E-state index contributed by atoms with van der Waals surface area (Å²) in [6.45, 7) is 0. The monoisotopic (exact) mass is 339 g/mol. The Morgan fingerprint density at radius 3 is 2.43 bits per heavy atom. The van der Waals surface area contributed by atoms with Gasteiger partial charge < -0.3 is 5.73 Å². The summed E-state index contributed by atoms with van der Waals surface area (Å²) in [6, 6.07) is 18.5. The Hall–Kier alpha value is -2.54. The van der Waals surface area contributed by atoms with Gasteiger partial charge >= 0.3 is 0 Å². The van der Waals surface area contributed by atoms with Gasteiger partial charge in [0.25, 0.3) is 0 Å². The van der Waals surface area contributed by atoms with Crippen molar-refractivity contribution < 1.29 is 0 Å². The molecule has 2 N–H and O–H groups in total. The highest BCUT2D eigenvalue weighted by Crippen LogP contribution is 2.34. The van der Waals surface area contributed by atoms with Gasteiger partial charge in [-0.15, -0.1) is 0 Å². The van der Waals surface area contributed by atoms with Crippen molar-refractivity contribution in [2.45, 2.75) is 0 Å². The van der Waals surface area contributed by atoms with Crippen LogP contribution in [0.5, 0.6) is 0 Å². The summed E-state index contributed by atoms with van der Waals surface area (Å²) in [7, 11) is 0. The molecule has 0 saturated heterocycles. The van der Waals surface area contributed by atoms with Gasteiger partial charge in [-0.1, -0.05) is 53.5 Å². The molecule has 5 heteroatoms. The lowest BCUT2D eigenvalue weighted by Crippen LogP contribution is -2.00. The molecule has 0 fully saturated rings. The Balaban J connectivity index is 2.27. The molecule has 0 aliphatic carbocycles. The van der Waals surface area contributed by atoms with E-state index in [9.17, 15) is 5.26 Å². The number of hydrogen-bond acceptors (Lipinski definition) is 3. The predicted octanol–water partition coefficient (Wildman–Crippen LogP) is 5.18. The zero-order chi connectivity index (χ0) is 16.4. The molecule has 2 aromatic carbocycles. The summed E-state index contributed by atoms with van der Waals surface area (Å²) in [5, 5.41) is 10.6. The van der Waals surface area contributed by atoms with Gasteiger partial charge in [0.15, 0.2) is 0 Å². The number of nitrogen functional groups attached to an aromatic ring is 1. The Kier molecular flexibility index (Phi) is 4.20. The number of aromatic nitrogens is 1. The average molecular weight is 340 g/mol. The Morgan fingerprint density at radius 1 is 0.957 bits per heavy atom. The van der Waals surface area contributed by atoms with E-state index < -0.39 is 0 Å². The van der Waals surface area contributed by atoms with Crippen molar-refractivity contribution in [2.75, 3.05) is 5.73 Å². The van der Waals surface area contributed by atoms with E-state index in [0.29, 0.717) is 26.9 Å². The SMILES string of the molecule is N#Cc1c(-c2cccc(Cl)c2)cc(-c2ccccc2Cl)nc1N. The molecule has 0 spiro atoms. The Labute approximate surface area is 143 Å². The van der Waals surface area contributed by atoms with Gasteiger partial charge in [0.05, 0.1) is 5.69 Å². The highest BCUT2D eigenvalue weighted by Gasteiger charge is 2.14. The maximum absolute atomic E-state index is 9.42. The van der Waals surface area contributed by atoms with Crippen molar-refractivity contribution in [1.82, 2.24) is 4.98 Å². The first kappa shape index (κ1) is 15.4. The molecule has 3 nitrogen and oxygen atoms in total. The summed E-state index contributed by atoms with van der Waals surface area (Å²) < 4.78 is 0. The molecular formula is C18H11Cl2N3. The molecule has 23 heavy (non-hydrogen) atoms. The molecule has 0 radical (unpaired) electrons. The van der Waals surface area contributed by atoms with Crippen LogP contribution in [0.3, 0.4) is 0 Å². The van der Waals surface area contributed by atoms with Crippen LogP contribution in [-0.2, 0) is 0 Å². The van der Waals surface area contributed by atoms with Crippen molar-refractivity contribution in [3.63, 3.8) is 0 Å². The largest absolute Gasteiger partial charge is 0.383 e. The minimum absolute atomic E-state index is 0.167. The number of benzene rings is 2. The number of nitriles is 1. The molecule has 3 aromatic rings. The number of nitrogens with two attached hydrogens (primary N) is 1. The van der Waals surface area contributed by atoms with Gasteiger partial charge in [0, 0.05) is 21.2 Å². The van der Waals surface area contributed by atoms with Gasteiger partial charge in [-0.3, -0.25) is 0 Å². The van der Waals surface area contributed by atoms with Gasteiger partial charge in [0.1, 0.15) is 17.5 Å². The number of halogens is 2. The molecule has 3 rings (SSSR count). The second-order valence-corrected chi connectivity index (χ2v) is 5.76. The van der Waals surface area contributed by atoms with Crippen molar-refractivity contribution >= 4 is 29.0 Å². The van der Waals surface area contributed by atoms with Gasteiger partial charge in [-0.2, -0.15) is 5.26 Å². The predicted molar refractivity (Wildman–Crippen MR) is 94.3 cm³/mol. The zero-order valence-corrected chi connectivity index (χ0v) is 13.4. The summed E-state index contributed by atoms with van der Waals surface area (Å²) >= 11 is 12.3. The molecule has 0 amide bonds. The summed E-state index contributed by atoms with van der Waals surface area (Å²) in [6.07, 6.45) is 0. The van der Waals surface area contributed by atoms with Crippen molar-refractivity contribution in [1.29, 1.82) is 5.26 Å². The maximum Gasteiger partial charge on any atom is 0.142 e. The van der Waals surface area contributed by atoms with E-state index in [1.807, 2.05) is 36.4 Å². The van der Waals surface area contributed by atoms with Crippen molar-refractivity contribution in [3.05, 3.63) is 70.2 Å². The molecule has 0 atom stereocenters. The molecule has 0 aliphatic rings. The van der Waals surface area contributed by atoms with Gasteiger partial charge in [0.2, 0.25) is 0 Å². The van der Waals surface area contributed by atoms with Gasteiger partial charge in [-0.05, 0) is 29.8 Å². The highest BCUT2D eigenvalue weighted by molar-refractivity contribution is 6.33. The summed E-state index contributed by atoms with van der Waals surface area (Å²) in [5.74, 6) is 0.167. The fourth-order valence-electron chi connectivity index (χ4n) is 2.37. The normalized spacial score (nSPS) is 10.3. The molecule has 0 aliphatic heterocycles. The van der Waals surface area contributed by atoms with Crippen LogP contribution < -0.4 is 5.73 Å². The lowest BCUT2D eigenvalue weighted by Gasteiger charge is -2.11. The molecular weight excluding hydrogens is 329 g/mol. The first-order valence-corrected chi connectivity index (χ1v) is 7.57. The van der Waals surface area contributed by atoms with Crippen LogP contribution in [0.25, 0.3) is 22.4 Å². The zero-order valence-electron chi connectivity index (χ0n) is 11.9. The summed E-state index contributed by atoms with van der Waals surface area (Å²) in [5.41, 5.74) is 9.16. The van der Waals surface area contributed by atoms with Crippen LogP contribution in [0.15, 0.2) is 54.6 Å². The van der Waals surface area contributed by atoms with E-state index in [1.54, 1.807) is 18.2 Å². The topological polar surface area (TPSA) is 62.7 Å². The second kappa shape index (κ2) is 6.29. The lowest BCUT2D eigenvalue weighted by molar-refractivity contribution is 1.31. The summed E-state index contributed by atoms with van der Waals surface area (Å²) in [4.78, 5) is 4.32. The van der Waals surface area contributed by atoms with Gasteiger partial charge in [-0.25, -0.2) is 4.98 Å². The number of hydrogen-bond donors (Lipinski definition) is 1. The number of nitrogens with zero attached hydrogens (tertiary/aromatic N) is 2. The lowest BCUT2D eigenvalue weighted by atomic mass is 9.98. The minimum Gasteiger partial charge on any atom is -0.383 e. The van der Waals surface area contributed by atoms with Crippen LogP contribution in [0, 0.1) is 11.3 Å². The van der Waals surface area contributed by atoms with Crippen LogP contribution in [0.4, 0.5) is 5.82 Å². The van der Waals surface area contributed by atoms with Crippen LogP contribution in [0.2, 0.25) is 10.0 Å². The van der Waals surface area contributed by atoms with E-state index in [4.69, 9.17) is 28.9 Å². The molecule has 1 heterocycles. The molecule has 1 aromatic heterocycles. The molecule has 0 saturated carbocycles. The fraction of sp³-hybridized carbons (Fsp3) is 0. The quantitative estimate of drug-likeness (QED) is 0.699. The van der Waals surface area contributed by atoms with E-state index in [0.717, 1.165) is 11.1 Å². The first-order chi connectivity index (χ1) is 11.1. The van der Waals surface area contributed by atoms with Crippen LogP contribution in [-0.4, -0.2) is 4.98 Å². The number of pyridine rings is 1. The Morgan fingerprint density at radius 2 is 1.74 bits per heavy atom. The second-order valence-electron chi connectivity index (χ2n) is 4.92. The molecule has 0 bridgehead atoms. The van der Waals surface area contributed by atoms with Crippen molar-refractivity contribution in [3.8, 4) is 28.5 Å².